The molecule has 1 nitrogen and oxygen atoms in total. The van der Waals surface area contributed by atoms with Gasteiger partial charge >= 0.3 is 0 Å². The predicted molar refractivity (Wildman–Crippen MR) is 64.5 cm³/mol. The van der Waals surface area contributed by atoms with E-state index in [0.29, 0.717) is 0 Å². The molecular formula is C13H15ClO. The number of ether oxygens (including phenoxy) is 1. The highest BCUT2D eigenvalue weighted by Crippen LogP contribution is 2.30. The minimum atomic E-state index is 0.194. The monoisotopic (exact) mass is 222 g/mol. The fraction of sp³-hybridized carbons (Fsp3) is 0.385. The van der Waals surface area contributed by atoms with Crippen molar-refractivity contribution in [1.29, 1.82) is 0 Å². The van der Waals surface area contributed by atoms with E-state index in [4.69, 9.17) is 16.3 Å². The fourth-order valence-corrected chi connectivity index (χ4v) is 2.24. The molecule has 80 valence electrons. The average Bonchev–Trinajstić information content (AvgIpc) is 2.29. The molecule has 0 aromatic heterocycles. The Kier molecular flexibility index (Phi) is 3.32. The maximum atomic E-state index is 6.13. The average molecular weight is 223 g/mol. The molecule has 1 aliphatic carbocycles. The zero-order chi connectivity index (χ0) is 10.7. The van der Waals surface area contributed by atoms with Crippen LogP contribution in [0.3, 0.4) is 0 Å². The maximum absolute atomic E-state index is 6.13. The molecule has 0 radical (unpaired) electrons. The van der Waals surface area contributed by atoms with Crippen molar-refractivity contribution < 1.29 is 4.74 Å². The van der Waals surface area contributed by atoms with Gasteiger partial charge in [-0.3, -0.25) is 0 Å². The SMILES string of the molecule is COc1cccc(C2=CC(Cl)CCC2)c1. The van der Waals surface area contributed by atoms with E-state index in [9.17, 15) is 0 Å². The van der Waals surface area contributed by atoms with E-state index in [1.165, 1.54) is 17.6 Å². The number of allylic oxidation sites excluding steroid dienone is 2. The molecule has 1 unspecified atom stereocenters. The summed E-state index contributed by atoms with van der Waals surface area (Å²) in [5.41, 5.74) is 2.58. The van der Waals surface area contributed by atoms with Crippen LogP contribution in [-0.2, 0) is 0 Å². The van der Waals surface area contributed by atoms with Crippen molar-refractivity contribution in [3.63, 3.8) is 0 Å². The van der Waals surface area contributed by atoms with Gasteiger partial charge in [-0.05, 0) is 42.5 Å². The number of methoxy groups -OCH3 is 1. The van der Waals surface area contributed by atoms with Crippen molar-refractivity contribution in [2.75, 3.05) is 7.11 Å². The zero-order valence-electron chi connectivity index (χ0n) is 8.87. The topological polar surface area (TPSA) is 9.23 Å². The first-order valence-electron chi connectivity index (χ1n) is 5.29. The summed E-state index contributed by atoms with van der Waals surface area (Å²) in [5, 5.41) is 0.194. The van der Waals surface area contributed by atoms with E-state index in [1.807, 2.05) is 12.1 Å². The van der Waals surface area contributed by atoms with E-state index in [1.54, 1.807) is 7.11 Å². The van der Waals surface area contributed by atoms with Crippen molar-refractivity contribution in [1.82, 2.24) is 0 Å². The second-order valence-corrected chi connectivity index (χ2v) is 4.39. The maximum Gasteiger partial charge on any atom is 0.119 e. The summed E-state index contributed by atoms with van der Waals surface area (Å²) in [4.78, 5) is 0. The molecule has 0 aliphatic heterocycles. The van der Waals surface area contributed by atoms with Crippen LogP contribution in [0.25, 0.3) is 5.57 Å². The molecule has 2 rings (SSSR count). The van der Waals surface area contributed by atoms with Gasteiger partial charge < -0.3 is 4.74 Å². The first kappa shape index (κ1) is 10.6. The van der Waals surface area contributed by atoms with Crippen LogP contribution in [0.1, 0.15) is 24.8 Å². The first-order chi connectivity index (χ1) is 7.29. The third kappa shape index (κ3) is 2.54. The lowest BCUT2D eigenvalue weighted by atomic mass is 9.93. The molecule has 1 aromatic rings. The van der Waals surface area contributed by atoms with Gasteiger partial charge in [0.2, 0.25) is 0 Å². The van der Waals surface area contributed by atoms with Crippen LogP contribution in [0.15, 0.2) is 30.3 Å². The van der Waals surface area contributed by atoms with Crippen molar-refractivity contribution >= 4 is 17.2 Å². The van der Waals surface area contributed by atoms with Gasteiger partial charge in [-0.15, -0.1) is 11.6 Å². The lowest BCUT2D eigenvalue weighted by Crippen LogP contribution is -2.02. The molecule has 1 aliphatic rings. The van der Waals surface area contributed by atoms with Crippen LogP contribution in [0, 0.1) is 0 Å². The van der Waals surface area contributed by atoms with Crippen molar-refractivity contribution in [2.24, 2.45) is 0 Å². The molecule has 0 N–H and O–H groups in total. The summed E-state index contributed by atoms with van der Waals surface area (Å²) in [6.07, 6.45) is 5.56. The molecule has 0 bridgehead atoms. The Bertz CT molecular complexity index is 371. The van der Waals surface area contributed by atoms with Crippen molar-refractivity contribution in [3.05, 3.63) is 35.9 Å². The Morgan fingerprint density at radius 3 is 3.00 bits per heavy atom. The van der Waals surface area contributed by atoms with Crippen LogP contribution in [0.5, 0.6) is 5.75 Å². The van der Waals surface area contributed by atoms with Gasteiger partial charge in [0, 0.05) is 0 Å². The Morgan fingerprint density at radius 1 is 1.40 bits per heavy atom. The van der Waals surface area contributed by atoms with Gasteiger partial charge in [-0.25, -0.2) is 0 Å². The molecule has 2 heteroatoms. The largest absolute Gasteiger partial charge is 0.497 e. The van der Waals surface area contributed by atoms with Crippen LogP contribution in [-0.4, -0.2) is 12.5 Å². The lowest BCUT2D eigenvalue weighted by molar-refractivity contribution is 0.414. The van der Waals surface area contributed by atoms with Crippen LogP contribution in [0.2, 0.25) is 0 Å². The molecule has 0 saturated heterocycles. The number of halogens is 1. The molecule has 1 aromatic carbocycles. The smallest absolute Gasteiger partial charge is 0.119 e. The molecule has 0 fully saturated rings. The van der Waals surface area contributed by atoms with E-state index >= 15 is 0 Å². The zero-order valence-corrected chi connectivity index (χ0v) is 9.63. The molecule has 0 spiro atoms. The van der Waals surface area contributed by atoms with E-state index in [0.717, 1.165) is 18.6 Å². The minimum absolute atomic E-state index is 0.194. The molecule has 1 atom stereocenters. The van der Waals surface area contributed by atoms with Crippen molar-refractivity contribution in [3.8, 4) is 5.75 Å². The van der Waals surface area contributed by atoms with E-state index in [2.05, 4.69) is 18.2 Å². The van der Waals surface area contributed by atoms with Crippen molar-refractivity contribution in [2.45, 2.75) is 24.6 Å². The highest BCUT2D eigenvalue weighted by atomic mass is 35.5. The summed E-state index contributed by atoms with van der Waals surface area (Å²) in [6, 6.07) is 8.17. The Hall–Kier alpha value is -0.950. The van der Waals surface area contributed by atoms with Gasteiger partial charge in [0.25, 0.3) is 0 Å². The number of rotatable bonds is 2. The standard InChI is InChI=1S/C13H15ClO/c1-15-13-7-3-5-11(9-13)10-4-2-6-12(14)8-10/h3,5,7-9,12H,2,4,6H2,1H3. The molecule has 0 heterocycles. The Morgan fingerprint density at radius 2 is 2.27 bits per heavy atom. The Balaban J connectivity index is 2.28. The van der Waals surface area contributed by atoms with Gasteiger partial charge in [0.1, 0.15) is 5.75 Å². The number of hydrogen-bond acceptors (Lipinski definition) is 1. The fourth-order valence-electron chi connectivity index (χ4n) is 1.94. The number of hydrogen-bond donors (Lipinski definition) is 0. The van der Waals surface area contributed by atoms with Crippen LogP contribution >= 0.6 is 11.6 Å². The van der Waals surface area contributed by atoms with E-state index in [-0.39, 0.29) is 5.38 Å². The van der Waals surface area contributed by atoms with E-state index < -0.39 is 0 Å². The van der Waals surface area contributed by atoms with Crippen LogP contribution < -0.4 is 4.74 Å². The summed E-state index contributed by atoms with van der Waals surface area (Å²) in [6.45, 7) is 0. The summed E-state index contributed by atoms with van der Waals surface area (Å²) in [5.74, 6) is 0.907. The number of benzene rings is 1. The third-order valence-corrected chi connectivity index (χ3v) is 3.09. The summed E-state index contributed by atoms with van der Waals surface area (Å²) < 4.78 is 5.21. The molecule has 0 amide bonds. The molecule has 0 saturated carbocycles. The lowest BCUT2D eigenvalue weighted by Gasteiger charge is -2.17. The first-order valence-corrected chi connectivity index (χ1v) is 5.72. The highest BCUT2D eigenvalue weighted by Gasteiger charge is 2.12. The number of alkyl halides is 1. The van der Waals surface area contributed by atoms with Gasteiger partial charge in [-0.1, -0.05) is 18.2 Å². The second kappa shape index (κ2) is 4.71. The quantitative estimate of drug-likeness (QED) is 0.691. The predicted octanol–water partition coefficient (Wildman–Crippen LogP) is 3.87. The highest BCUT2D eigenvalue weighted by molar-refractivity contribution is 6.22. The molecule has 15 heavy (non-hydrogen) atoms. The van der Waals surface area contributed by atoms with Crippen LogP contribution in [0.4, 0.5) is 0 Å². The summed E-state index contributed by atoms with van der Waals surface area (Å²) >= 11 is 6.13. The Labute approximate surface area is 95.7 Å². The van der Waals surface area contributed by atoms with Gasteiger partial charge in [0.05, 0.1) is 12.5 Å². The second-order valence-electron chi connectivity index (χ2n) is 3.83. The van der Waals surface area contributed by atoms with Gasteiger partial charge in [0.15, 0.2) is 0 Å². The summed E-state index contributed by atoms with van der Waals surface area (Å²) in [7, 11) is 1.69. The van der Waals surface area contributed by atoms with Gasteiger partial charge in [-0.2, -0.15) is 0 Å². The normalized spacial score (nSPS) is 20.9. The molecular weight excluding hydrogens is 208 g/mol. The third-order valence-electron chi connectivity index (χ3n) is 2.75. The minimum Gasteiger partial charge on any atom is -0.497 e.